The number of benzene rings is 1. The van der Waals surface area contributed by atoms with Gasteiger partial charge in [-0.1, -0.05) is 19.8 Å². The molecule has 1 amide bonds. The van der Waals surface area contributed by atoms with Crippen LogP contribution in [0.4, 0.5) is 4.39 Å². The van der Waals surface area contributed by atoms with Gasteiger partial charge in [0.25, 0.3) is 5.91 Å². The normalized spacial score (nSPS) is 16.8. The summed E-state index contributed by atoms with van der Waals surface area (Å²) in [5.41, 5.74) is 0.579. The number of rotatable bonds is 5. The molecule has 0 radical (unpaired) electrons. The van der Waals surface area contributed by atoms with Crippen LogP contribution in [0.25, 0.3) is 0 Å². The first kappa shape index (κ1) is 16.0. The van der Waals surface area contributed by atoms with Crippen molar-refractivity contribution in [1.29, 1.82) is 0 Å². The maximum Gasteiger partial charge on any atom is 0.253 e. The summed E-state index contributed by atoms with van der Waals surface area (Å²) in [4.78, 5) is 16.8. The van der Waals surface area contributed by atoms with Gasteiger partial charge in [-0.2, -0.15) is 0 Å². The maximum absolute atomic E-state index is 12.9. The molecule has 21 heavy (non-hydrogen) atoms. The monoisotopic (exact) mass is 292 g/mol. The summed E-state index contributed by atoms with van der Waals surface area (Å²) in [6.07, 6.45) is 4.76. The molecule has 4 heteroatoms. The number of hydrogen-bond donors (Lipinski definition) is 0. The van der Waals surface area contributed by atoms with Crippen LogP contribution >= 0.6 is 0 Å². The SMILES string of the molecule is CCCCCN1CCCN(C(=O)c2ccc(F)cc2)CC1. The van der Waals surface area contributed by atoms with Crippen LogP contribution in [0, 0.1) is 5.82 Å². The number of amides is 1. The molecule has 0 aromatic heterocycles. The summed E-state index contributed by atoms with van der Waals surface area (Å²) in [6, 6.07) is 5.84. The first-order valence-electron chi connectivity index (χ1n) is 7.98. The first-order valence-corrected chi connectivity index (χ1v) is 7.98. The molecule has 2 rings (SSSR count). The van der Waals surface area contributed by atoms with Crippen LogP contribution < -0.4 is 0 Å². The van der Waals surface area contributed by atoms with E-state index in [0.29, 0.717) is 5.56 Å². The molecule has 3 nitrogen and oxygen atoms in total. The van der Waals surface area contributed by atoms with Crippen molar-refractivity contribution in [2.45, 2.75) is 32.6 Å². The van der Waals surface area contributed by atoms with E-state index in [1.807, 2.05) is 4.90 Å². The van der Waals surface area contributed by atoms with Crippen LogP contribution in [0.2, 0.25) is 0 Å². The second kappa shape index (κ2) is 8.13. The number of hydrogen-bond acceptors (Lipinski definition) is 2. The van der Waals surface area contributed by atoms with Crippen LogP contribution in [-0.2, 0) is 0 Å². The van der Waals surface area contributed by atoms with Crippen molar-refractivity contribution in [3.8, 4) is 0 Å². The Bertz CT molecular complexity index is 447. The van der Waals surface area contributed by atoms with Gasteiger partial charge in [0.05, 0.1) is 0 Å². The highest BCUT2D eigenvalue weighted by Crippen LogP contribution is 2.11. The second-order valence-corrected chi connectivity index (χ2v) is 5.70. The quantitative estimate of drug-likeness (QED) is 0.778. The van der Waals surface area contributed by atoms with Crippen LogP contribution in [0.3, 0.4) is 0 Å². The average Bonchev–Trinajstić information content (AvgIpc) is 2.73. The van der Waals surface area contributed by atoms with Gasteiger partial charge in [0, 0.05) is 25.2 Å². The molecular weight excluding hydrogens is 267 g/mol. The van der Waals surface area contributed by atoms with Crippen LogP contribution in [0.15, 0.2) is 24.3 Å². The Labute approximate surface area is 126 Å². The van der Waals surface area contributed by atoms with Gasteiger partial charge in [-0.3, -0.25) is 4.79 Å². The fraction of sp³-hybridized carbons (Fsp3) is 0.588. The highest BCUT2D eigenvalue weighted by molar-refractivity contribution is 5.94. The number of nitrogens with zero attached hydrogens (tertiary/aromatic N) is 2. The highest BCUT2D eigenvalue weighted by Gasteiger charge is 2.19. The molecule has 0 saturated carbocycles. The minimum Gasteiger partial charge on any atom is -0.337 e. The van der Waals surface area contributed by atoms with Gasteiger partial charge in [-0.15, -0.1) is 0 Å². The van der Waals surface area contributed by atoms with Gasteiger partial charge < -0.3 is 9.80 Å². The van der Waals surface area contributed by atoms with Crippen LogP contribution in [-0.4, -0.2) is 48.4 Å². The van der Waals surface area contributed by atoms with Gasteiger partial charge in [0.2, 0.25) is 0 Å². The molecule has 1 aromatic rings. The van der Waals surface area contributed by atoms with Gasteiger partial charge in [0.15, 0.2) is 0 Å². The van der Waals surface area contributed by atoms with Crippen LogP contribution in [0.1, 0.15) is 43.0 Å². The van der Waals surface area contributed by atoms with E-state index in [2.05, 4.69) is 11.8 Å². The largest absolute Gasteiger partial charge is 0.337 e. The molecule has 0 bridgehead atoms. The summed E-state index contributed by atoms with van der Waals surface area (Å²) in [7, 11) is 0. The predicted octanol–water partition coefficient (Wildman–Crippen LogP) is 3.16. The molecule has 1 aliphatic heterocycles. The summed E-state index contributed by atoms with van der Waals surface area (Å²) in [5.74, 6) is -0.282. The Kier molecular flexibility index (Phi) is 6.18. The van der Waals surface area contributed by atoms with Crippen LogP contribution in [0.5, 0.6) is 0 Å². The third-order valence-electron chi connectivity index (χ3n) is 4.04. The fourth-order valence-electron chi connectivity index (χ4n) is 2.76. The lowest BCUT2D eigenvalue weighted by atomic mass is 10.2. The second-order valence-electron chi connectivity index (χ2n) is 5.70. The van der Waals surface area contributed by atoms with Crippen molar-refractivity contribution in [2.24, 2.45) is 0 Å². The number of carbonyl (C=O) groups is 1. The van der Waals surface area contributed by atoms with E-state index in [1.165, 1.54) is 31.4 Å². The molecule has 0 spiro atoms. The Morgan fingerprint density at radius 2 is 1.86 bits per heavy atom. The molecule has 1 aliphatic rings. The summed E-state index contributed by atoms with van der Waals surface area (Å²) in [5, 5.41) is 0. The van der Waals surface area contributed by atoms with Crippen molar-refractivity contribution in [3.63, 3.8) is 0 Å². The van der Waals surface area contributed by atoms with Gasteiger partial charge in [-0.05, 0) is 50.2 Å². The zero-order valence-electron chi connectivity index (χ0n) is 12.9. The fourth-order valence-corrected chi connectivity index (χ4v) is 2.76. The molecule has 0 unspecified atom stereocenters. The van der Waals surface area contributed by atoms with Gasteiger partial charge >= 0.3 is 0 Å². The molecule has 0 N–H and O–H groups in total. The number of carbonyl (C=O) groups excluding carboxylic acids is 1. The molecule has 1 saturated heterocycles. The van der Waals surface area contributed by atoms with Crippen molar-refractivity contribution >= 4 is 5.91 Å². The molecule has 1 aromatic carbocycles. The summed E-state index contributed by atoms with van der Waals surface area (Å²) < 4.78 is 12.9. The predicted molar refractivity (Wildman–Crippen MR) is 82.9 cm³/mol. The molecule has 1 fully saturated rings. The minimum atomic E-state index is -0.301. The van der Waals surface area contributed by atoms with Crippen molar-refractivity contribution in [1.82, 2.24) is 9.80 Å². The van der Waals surface area contributed by atoms with E-state index in [4.69, 9.17) is 0 Å². The standard InChI is InChI=1S/C17H25FN2O/c1-2-3-4-10-19-11-5-12-20(14-13-19)17(21)15-6-8-16(18)9-7-15/h6-9H,2-5,10-14H2,1H3. The zero-order chi connectivity index (χ0) is 15.1. The number of unbranched alkanes of at least 4 members (excludes halogenated alkanes) is 2. The van der Waals surface area contributed by atoms with Gasteiger partial charge in [0.1, 0.15) is 5.82 Å². The van der Waals surface area contributed by atoms with Crippen molar-refractivity contribution < 1.29 is 9.18 Å². The van der Waals surface area contributed by atoms with E-state index in [0.717, 1.165) is 39.1 Å². The Morgan fingerprint density at radius 3 is 2.57 bits per heavy atom. The Morgan fingerprint density at radius 1 is 1.10 bits per heavy atom. The smallest absolute Gasteiger partial charge is 0.253 e. The molecule has 116 valence electrons. The first-order chi connectivity index (χ1) is 10.2. The zero-order valence-corrected chi connectivity index (χ0v) is 12.9. The summed E-state index contributed by atoms with van der Waals surface area (Å²) in [6.45, 7) is 6.91. The van der Waals surface area contributed by atoms with E-state index in [-0.39, 0.29) is 11.7 Å². The summed E-state index contributed by atoms with van der Waals surface area (Å²) >= 11 is 0. The number of halogens is 1. The van der Waals surface area contributed by atoms with Crippen molar-refractivity contribution in [2.75, 3.05) is 32.7 Å². The van der Waals surface area contributed by atoms with E-state index in [9.17, 15) is 9.18 Å². The van der Waals surface area contributed by atoms with E-state index < -0.39 is 0 Å². The van der Waals surface area contributed by atoms with Crippen molar-refractivity contribution in [3.05, 3.63) is 35.6 Å². The highest BCUT2D eigenvalue weighted by atomic mass is 19.1. The van der Waals surface area contributed by atoms with E-state index in [1.54, 1.807) is 12.1 Å². The lowest BCUT2D eigenvalue weighted by Crippen LogP contribution is -2.35. The molecule has 1 heterocycles. The maximum atomic E-state index is 12.9. The lowest BCUT2D eigenvalue weighted by Gasteiger charge is -2.22. The Hall–Kier alpha value is -1.42. The third kappa shape index (κ3) is 4.81. The third-order valence-corrected chi connectivity index (χ3v) is 4.04. The van der Waals surface area contributed by atoms with Gasteiger partial charge in [-0.25, -0.2) is 4.39 Å². The average molecular weight is 292 g/mol. The molecular formula is C17H25FN2O. The minimum absolute atomic E-state index is 0.0189. The Balaban J connectivity index is 1.87. The van der Waals surface area contributed by atoms with E-state index >= 15 is 0 Å². The molecule has 0 atom stereocenters. The molecule has 0 aliphatic carbocycles. The lowest BCUT2D eigenvalue weighted by molar-refractivity contribution is 0.0761. The topological polar surface area (TPSA) is 23.6 Å².